The number of benzene rings is 1. The minimum absolute atomic E-state index is 0.236. The van der Waals surface area contributed by atoms with Crippen LogP contribution in [0, 0.1) is 6.92 Å². The number of furan rings is 1. The van der Waals surface area contributed by atoms with Crippen molar-refractivity contribution >= 4 is 34.6 Å². The van der Waals surface area contributed by atoms with Crippen LogP contribution >= 0.6 is 11.8 Å². The van der Waals surface area contributed by atoms with Crippen LogP contribution in [0.4, 0.5) is 0 Å². The summed E-state index contributed by atoms with van der Waals surface area (Å²) in [5, 5.41) is 10.0. The number of carboxylic acids is 1. The number of amides is 1. The Bertz CT molecular complexity index is 694. The molecule has 1 amide bonds. The second-order valence-electron chi connectivity index (χ2n) is 4.68. The predicted octanol–water partition coefficient (Wildman–Crippen LogP) is 2.34. The number of rotatable bonds is 2. The van der Waals surface area contributed by atoms with Gasteiger partial charge < -0.3 is 14.4 Å². The molecule has 2 aromatic rings. The fraction of sp³-hybridized carbons (Fsp3) is 0.286. The van der Waals surface area contributed by atoms with Crippen molar-refractivity contribution in [1.82, 2.24) is 4.90 Å². The maximum absolute atomic E-state index is 12.5. The molecule has 1 aliphatic heterocycles. The first-order chi connectivity index (χ1) is 9.59. The summed E-state index contributed by atoms with van der Waals surface area (Å²) < 4.78 is 5.61. The maximum Gasteiger partial charge on any atom is 0.327 e. The van der Waals surface area contributed by atoms with Crippen LogP contribution in [0.15, 0.2) is 28.7 Å². The fourth-order valence-electron chi connectivity index (χ4n) is 2.36. The molecule has 1 aromatic carbocycles. The molecule has 0 aliphatic carbocycles. The molecule has 1 unspecified atom stereocenters. The van der Waals surface area contributed by atoms with Gasteiger partial charge >= 0.3 is 5.97 Å². The molecule has 0 radical (unpaired) electrons. The molecule has 1 aromatic heterocycles. The average Bonchev–Trinajstić information content (AvgIpc) is 3.04. The molecule has 20 heavy (non-hydrogen) atoms. The van der Waals surface area contributed by atoms with Crippen LogP contribution in [-0.2, 0) is 4.79 Å². The Labute approximate surface area is 119 Å². The monoisotopic (exact) mass is 291 g/mol. The van der Waals surface area contributed by atoms with Crippen LogP contribution in [0.25, 0.3) is 11.0 Å². The fourth-order valence-corrected chi connectivity index (χ4v) is 3.50. The van der Waals surface area contributed by atoms with Crippen LogP contribution in [-0.4, -0.2) is 39.6 Å². The molecule has 2 heterocycles. The quantitative estimate of drug-likeness (QED) is 0.919. The number of carbonyl (C=O) groups excluding carboxylic acids is 1. The van der Waals surface area contributed by atoms with Crippen LogP contribution in [0.2, 0.25) is 0 Å². The van der Waals surface area contributed by atoms with Crippen molar-refractivity contribution in [3.8, 4) is 0 Å². The Balaban J connectivity index is 2.00. The molecule has 1 N–H and O–H groups in total. The first-order valence-corrected chi connectivity index (χ1v) is 7.34. The number of fused-ring (bicyclic) bond motifs is 1. The first-order valence-electron chi connectivity index (χ1n) is 6.19. The molecule has 0 bridgehead atoms. The van der Waals surface area contributed by atoms with Crippen molar-refractivity contribution in [1.29, 1.82) is 0 Å². The van der Waals surface area contributed by atoms with Crippen molar-refractivity contribution in [2.45, 2.75) is 13.0 Å². The summed E-state index contributed by atoms with van der Waals surface area (Å²) in [6.45, 7) is 1.82. The van der Waals surface area contributed by atoms with Crippen molar-refractivity contribution < 1.29 is 19.1 Å². The summed E-state index contributed by atoms with van der Waals surface area (Å²) >= 11 is 1.44. The highest BCUT2D eigenvalue weighted by atomic mass is 32.2. The number of thioether (sulfide) groups is 1. The van der Waals surface area contributed by atoms with E-state index in [9.17, 15) is 9.59 Å². The molecule has 1 aliphatic rings. The summed E-state index contributed by atoms with van der Waals surface area (Å²) in [5.74, 6) is -0.291. The van der Waals surface area contributed by atoms with E-state index >= 15 is 0 Å². The van der Waals surface area contributed by atoms with E-state index in [0.29, 0.717) is 17.2 Å². The third-order valence-electron chi connectivity index (χ3n) is 3.47. The van der Waals surface area contributed by atoms with Gasteiger partial charge in [-0.3, -0.25) is 4.79 Å². The number of nitrogens with zero attached hydrogens (tertiary/aromatic N) is 1. The Morgan fingerprint density at radius 2 is 2.15 bits per heavy atom. The van der Waals surface area contributed by atoms with Crippen molar-refractivity contribution in [3.05, 3.63) is 35.6 Å². The van der Waals surface area contributed by atoms with Crippen molar-refractivity contribution in [2.24, 2.45) is 0 Å². The lowest BCUT2D eigenvalue weighted by Crippen LogP contribution is -2.41. The summed E-state index contributed by atoms with van der Waals surface area (Å²) in [7, 11) is 0. The number of aliphatic carboxylic acids is 1. The minimum Gasteiger partial charge on any atom is -0.480 e. The molecule has 5 nitrogen and oxygen atoms in total. The molecule has 1 saturated heterocycles. The van der Waals surface area contributed by atoms with Gasteiger partial charge in [0.2, 0.25) is 0 Å². The second kappa shape index (κ2) is 4.86. The van der Waals surface area contributed by atoms with Gasteiger partial charge in [0, 0.05) is 16.7 Å². The Morgan fingerprint density at radius 1 is 1.40 bits per heavy atom. The molecule has 3 rings (SSSR count). The second-order valence-corrected chi connectivity index (χ2v) is 5.68. The summed E-state index contributed by atoms with van der Waals surface area (Å²) in [5.41, 5.74) is 1.40. The van der Waals surface area contributed by atoms with Gasteiger partial charge in [-0.15, -0.1) is 11.8 Å². The number of hydrogen-bond donors (Lipinski definition) is 1. The standard InChI is InChI=1S/C14H13NO4S/c1-8-9-4-2-3-5-11(9)19-12(8)13(16)15-7-20-6-10(15)14(17)18/h2-5,10H,6-7H2,1H3,(H,17,18). The zero-order valence-electron chi connectivity index (χ0n) is 10.8. The third kappa shape index (κ3) is 1.96. The Morgan fingerprint density at radius 3 is 2.85 bits per heavy atom. The SMILES string of the molecule is Cc1c(C(=O)N2CSCC2C(=O)O)oc2ccccc12. The molecular formula is C14H13NO4S. The average molecular weight is 291 g/mol. The number of carboxylic acid groups (broad SMARTS) is 1. The third-order valence-corrected chi connectivity index (χ3v) is 4.48. The van der Waals surface area contributed by atoms with Gasteiger partial charge in [-0.1, -0.05) is 18.2 Å². The van der Waals surface area contributed by atoms with E-state index < -0.39 is 12.0 Å². The molecule has 1 fully saturated rings. The number of para-hydroxylation sites is 1. The molecule has 0 spiro atoms. The lowest BCUT2D eigenvalue weighted by molar-refractivity contribution is -0.140. The lowest BCUT2D eigenvalue weighted by Gasteiger charge is -2.19. The topological polar surface area (TPSA) is 70.8 Å². The van der Waals surface area contributed by atoms with Gasteiger partial charge in [-0.2, -0.15) is 0 Å². The lowest BCUT2D eigenvalue weighted by atomic mass is 10.1. The van der Waals surface area contributed by atoms with Gasteiger partial charge in [0.25, 0.3) is 5.91 Å². The highest BCUT2D eigenvalue weighted by Gasteiger charge is 2.37. The number of carbonyl (C=O) groups is 2. The zero-order valence-corrected chi connectivity index (χ0v) is 11.6. The molecule has 1 atom stereocenters. The van der Waals surface area contributed by atoms with E-state index in [1.54, 1.807) is 6.07 Å². The highest BCUT2D eigenvalue weighted by molar-refractivity contribution is 7.99. The molecule has 104 valence electrons. The van der Waals surface area contributed by atoms with E-state index in [0.717, 1.165) is 10.9 Å². The van der Waals surface area contributed by atoms with Gasteiger partial charge in [0.15, 0.2) is 5.76 Å². The highest BCUT2D eigenvalue weighted by Crippen LogP contribution is 2.29. The zero-order chi connectivity index (χ0) is 14.3. The van der Waals surface area contributed by atoms with Crippen molar-refractivity contribution in [2.75, 3.05) is 11.6 Å². The van der Waals surface area contributed by atoms with E-state index in [1.807, 2.05) is 25.1 Å². The molecule has 6 heteroatoms. The summed E-state index contributed by atoms with van der Waals surface area (Å²) in [6, 6.07) is 6.63. The van der Waals surface area contributed by atoms with Crippen molar-refractivity contribution in [3.63, 3.8) is 0 Å². The largest absolute Gasteiger partial charge is 0.480 e. The Hall–Kier alpha value is -1.95. The van der Waals surface area contributed by atoms with Crippen LogP contribution in [0.5, 0.6) is 0 Å². The number of hydrogen-bond acceptors (Lipinski definition) is 4. The predicted molar refractivity (Wildman–Crippen MR) is 75.9 cm³/mol. The van der Waals surface area contributed by atoms with Gasteiger partial charge in [-0.05, 0) is 13.0 Å². The normalized spacial score (nSPS) is 18.6. The van der Waals surface area contributed by atoms with Gasteiger partial charge in [-0.25, -0.2) is 4.79 Å². The Kier molecular flexibility index (Phi) is 3.17. The van der Waals surface area contributed by atoms with Crippen LogP contribution < -0.4 is 0 Å². The van der Waals surface area contributed by atoms with Gasteiger partial charge in [0.05, 0.1) is 5.88 Å². The molecular weight excluding hydrogens is 278 g/mol. The van der Waals surface area contributed by atoms with Crippen LogP contribution in [0.3, 0.4) is 0 Å². The number of aryl methyl sites for hydroxylation is 1. The van der Waals surface area contributed by atoms with E-state index in [4.69, 9.17) is 9.52 Å². The van der Waals surface area contributed by atoms with E-state index in [1.165, 1.54) is 16.7 Å². The van der Waals surface area contributed by atoms with E-state index in [2.05, 4.69) is 0 Å². The smallest absolute Gasteiger partial charge is 0.327 e. The first kappa shape index (κ1) is 13.1. The van der Waals surface area contributed by atoms with E-state index in [-0.39, 0.29) is 11.7 Å². The summed E-state index contributed by atoms with van der Waals surface area (Å²) in [4.78, 5) is 25.0. The minimum atomic E-state index is -0.975. The van der Waals surface area contributed by atoms with Gasteiger partial charge in [0.1, 0.15) is 11.6 Å². The van der Waals surface area contributed by atoms with Crippen LogP contribution in [0.1, 0.15) is 16.1 Å². The molecule has 0 saturated carbocycles. The maximum atomic E-state index is 12.5. The summed E-state index contributed by atoms with van der Waals surface area (Å²) in [6.07, 6.45) is 0.